The quantitative estimate of drug-likeness (QED) is 0.0587. The van der Waals surface area contributed by atoms with E-state index in [0.29, 0.717) is 0 Å². The van der Waals surface area contributed by atoms with Crippen molar-refractivity contribution in [2.45, 2.75) is 99.0 Å². The van der Waals surface area contributed by atoms with Crippen LogP contribution in [0.25, 0.3) is 10.9 Å². The molecule has 0 unspecified atom stereocenters. The number of quaternary nitrogens is 1. The standard InChI is InChI=1S/C36H57N5/c1-6-11-13-17-27-39(28-18-14-12-7-2)33-24-22-32(23-25-33)37-38-35-26-30-40(36-21-16-15-20-34(35)36)29-19-31-41(8-3,9-4)10-5/h15-16,20-26,30H,6-14,17-19,27-29,31H2,1-5H3/q+2. The van der Waals surface area contributed by atoms with Crippen molar-refractivity contribution in [2.24, 2.45) is 10.2 Å². The Balaban J connectivity index is 1.70. The number of aromatic nitrogens is 1. The summed E-state index contributed by atoms with van der Waals surface area (Å²) in [5.74, 6) is 0. The highest BCUT2D eigenvalue weighted by atomic mass is 15.3. The van der Waals surface area contributed by atoms with Crippen LogP contribution in [0.15, 0.2) is 71.0 Å². The highest BCUT2D eigenvalue weighted by molar-refractivity contribution is 5.87. The van der Waals surface area contributed by atoms with Crippen molar-refractivity contribution in [1.29, 1.82) is 0 Å². The van der Waals surface area contributed by atoms with Gasteiger partial charge in [-0.05, 0) is 63.9 Å². The zero-order valence-corrected chi connectivity index (χ0v) is 26.8. The first kappa shape index (κ1) is 32.7. The number of fused-ring (bicyclic) bond motifs is 1. The summed E-state index contributed by atoms with van der Waals surface area (Å²) >= 11 is 0. The number of para-hydroxylation sites is 1. The Bertz CT molecular complexity index is 1150. The third-order valence-electron chi connectivity index (χ3n) is 9.00. The van der Waals surface area contributed by atoms with E-state index >= 15 is 0 Å². The third kappa shape index (κ3) is 9.92. The zero-order chi connectivity index (χ0) is 29.3. The maximum atomic E-state index is 4.71. The largest absolute Gasteiger partial charge is 0.372 e. The highest BCUT2D eigenvalue weighted by Gasteiger charge is 2.21. The van der Waals surface area contributed by atoms with E-state index in [1.165, 1.54) is 99.7 Å². The number of anilines is 1. The molecule has 3 rings (SSSR count). The van der Waals surface area contributed by atoms with E-state index < -0.39 is 0 Å². The van der Waals surface area contributed by atoms with Gasteiger partial charge in [0.2, 0.25) is 5.52 Å². The van der Waals surface area contributed by atoms with E-state index in [4.69, 9.17) is 5.11 Å². The molecule has 5 heteroatoms. The van der Waals surface area contributed by atoms with E-state index in [9.17, 15) is 0 Å². The SMILES string of the molecule is CCCCCCN(CCCCCC)c1ccc(/N=N/c2cc[n+](CCC[N+](CC)(CC)CC)c3ccccc23)cc1. The summed E-state index contributed by atoms with van der Waals surface area (Å²) < 4.78 is 3.58. The molecule has 41 heavy (non-hydrogen) atoms. The van der Waals surface area contributed by atoms with Crippen molar-refractivity contribution in [3.63, 3.8) is 0 Å². The second kappa shape index (κ2) is 17.9. The van der Waals surface area contributed by atoms with Crippen molar-refractivity contribution in [2.75, 3.05) is 44.2 Å². The second-order valence-electron chi connectivity index (χ2n) is 11.6. The molecule has 0 saturated carbocycles. The van der Waals surface area contributed by atoms with Crippen LogP contribution in [-0.4, -0.2) is 43.8 Å². The molecule has 0 N–H and O–H groups in total. The molecule has 0 amide bonds. The maximum absolute atomic E-state index is 4.71. The minimum atomic E-state index is 0.902. The van der Waals surface area contributed by atoms with E-state index in [0.717, 1.165) is 36.4 Å². The fourth-order valence-electron chi connectivity index (χ4n) is 5.95. The van der Waals surface area contributed by atoms with Crippen LogP contribution in [0.2, 0.25) is 0 Å². The second-order valence-corrected chi connectivity index (χ2v) is 11.6. The molecule has 0 spiro atoms. The Morgan fingerprint density at radius 2 is 1.29 bits per heavy atom. The van der Waals surface area contributed by atoms with Crippen LogP contribution in [-0.2, 0) is 6.54 Å². The van der Waals surface area contributed by atoms with Gasteiger partial charge in [-0.15, -0.1) is 5.11 Å². The molecular weight excluding hydrogens is 502 g/mol. The summed E-state index contributed by atoms with van der Waals surface area (Å²) in [5, 5.41) is 10.5. The van der Waals surface area contributed by atoms with Crippen LogP contribution in [0.5, 0.6) is 0 Å². The molecule has 0 saturated heterocycles. The van der Waals surface area contributed by atoms with Gasteiger partial charge in [-0.1, -0.05) is 64.5 Å². The smallest absolute Gasteiger partial charge is 0.214 e. The minimum Gasteiger partial charge on any atom is -0.372 e. The van der Waals surface area contributed by atoms with Crippen LogP contribution in [0.4, 0.5) is 17.1 Å². The average Bonchev–Trinajstić information content (AvgIpc) is 3.02. The van der Waals surface area contributed by atoms with Crippen molar-refractivity contribution in [1.82, 2.24) is 0 Å². The lowest BCUT2D eigenvalue weighted by molar-refractivity contribution is -0.925. The summed E-state index contributed by atoms with van der Waals surface area (Å²) in [6.45, 7) is 19.6. The van der Waals surface area contributed by atoms with Crippen molar-refractivity contribution in [3.8, 4) is 0 Å². The molecule has 2 aromatic carbocycles. The maximum Gasteiger partial charge on any atom is 0.214 e. The van der Waals surface area contributed by atoms with Crippen molar-refractivity contribution < 1.29 is 9.05 Å². The van der Waals surface area contributed by atoms with E-state index in [1.54, 1.807) is 0 Å². The van der Waals surface area contributed by atoms with Gasteiger partial charge in [0.1, 0.15) is 5.69 Å². The number of unbranched alkanes of at least 4 members (excludes halogenated alkanes) is 6. The van der Waals surface area contributed by atoms with Gasteiger partial charge in [0.25, 0.3) is 0 Å². The number of rotatable bonds is 20. The molecule has 0 atom stereocenters. The number of hydrogen-bond donors (Lipinski definition) is 0. The highest BCUT2D eigenvalue weighted by Crippen LogP contribution is 2.27. The van der Waals surface area contributed by atoms with Gasteiger partial charge >= 0.3 is 0 Å². The molecule has 5 nitrogen and oxygen atoms in total. The monoisotopic (exact) mass is 559 g/mol. The van der Waals surface area contributed by atoms with Crippen LogP contribution >= 0.6 is 0 Å². The Morgan fingerprint density at radius 3 is 1.90 bits per heavy atom. The van der Waals surface area contributed by atoms with Crippen molar-refractivity contribution in [3.05, 3.63) is 60.8 Å². The Morgan fingerprint density at radius 1 is 0.659 bits per heavy atom. The van der Waals surface area contributed by atoms with Crippen LogP contribution in [0.3, 0.4) is 0 Å². The molecule has 0 bridgehead atoms. The van der Waals surface area contributed by atoms with Gasteiger partial charge in [-0.2, -0.15) is 9.68 Å². The normalized spacial score (nSPS) is 12.0. The first-order chi connectivity index (χ1) is 20.1. The number of nitrogens with zero attached hydrogens (tertiary/aromatic N) is 5. The lowest BCUT2D eigenvalue weighted by Gasteiger charge is -2.35. The van der Waals surface area contributed by atoms with Gasteiger partial charge < -0.3 is 9.38 Å². The van der Waals surface area contributed by atoms with Crippen LogP contribution in [0, 0.1) is 0 Å². The molecule has 0 aliphatic carbocycles. The van der Waals surface area contributed by atoms with E-state index in [-0.39, 0.29) is 0 Å². The number of benzene rings is 2. The molecule has 0 radical (unpaired) electrons. The molecule has 1 aromatic heterocycles. The molecule has 1 heterocycles. The molecule has 0 aliphatic rings. The fraction of sp³-hybridized carbons (Fsp3) is 0.583. The van der Waals surface area contributed by atoms with Crippen LogP contribution in [0.1, 0.15) is 92.4 Å². The molecule has 0 aliphatic heterocycles. The van der Waals surface area contributed by atoms with Crippen LogP contribution < -0.4 is 9.47 Å². The summed E-state index contributed by atoms with van der Waals surface area (Å²) in [4.78, 5) is 2.57. The molecule has 3 aromatic rings. The lowest BCUT2D eigenvalue weighted by Crippen LogP contribution is -2.49. The number of azo groups is 1. The predicted octanol–water partition coefficient (Wildman–Crippen LogP) is 9.78. The molecule has 0 fully saturated rings. The first-order valence-electron chi connectivity index (χ1n) is 16.6. The van der Waals surface area contributed by atoms with E-state index in [2.05, 4.69) is 110 Å². The number of pyridine rings is 1. The van der Waals surface area contributed by atoms with Gasteiger partial charge in [0.15, 0.2) is 12.7 Å². The van der Waals surface area contributed by atoms with Gasteiger partial charge in [0, 0.05) is 30.9 Å². The lowest BCUT2D eigenvalue weighted by atomic mass is 10.1. The Labute approximate surface area is 250 Å². The van der Waals surface area contributed by atoms with Gasteiger partial charge in [-0.3, -0.25) is 0 Å². The fourth-order valence-corrected chi connectivity index (χ4v) is 5.95. The Kier molecular flexibility index (Phi) is 14.3. The van der Waals surface area contributed by atoms with E-state index in [1.807, 2.05) is 0 Å². The average molecular weight is 560 g/mol. The first-order valence-corrected chi connectivity index (χ1v) is 16.6. The summed E-state index contributed by atoms with van der Waals surface area (Å²) in [6, 6.07) is 19.4. The number of hydrogen-bond acceptors (Lipinski definition) is 3. The minimum absolute atomic E-state index is 0.902. The summed E-state index contributed by atoms with van der Waals surface area (Å²) in [5.41, 5.74) is 4.36. The van der Waals surface area contributed by atoms with Crippen molar-refractivity contribution >= 4 is 28.0 Å². The van der Waals surface area contributed by atoms with Gasteiger partial charge in [-0.25, -0.2) is 0 Å². The predicted molar refractivity (Wildman–Crippen MR) is 177 cm³/mol. The molecular formula is C36H57N5+2. The number of aryl methyl sites for hydroxylation is 1. The summed E-state index contributed by atoms with van der Waals surface area (Å²) in [6.07, 6.45) is 13.7. The van der Waals surface area contributed by atoms with Gasteiger partial charge in [0.05, 0.1) is 43.7 Å². The third-order valence-corrected chi connectivity index (χ3v) is 9.00. The topological polar surface area (TPSA) is 31.8 Å². The zero-order valence-electron chi connectivity index (χ0n) is 26.8. The Hall–Kier alpha value is -2.79. The summed E-state index contributed by atoms with van der Waals surface area (Å²) in [7, 11) is 0. The molecule has 224 valence electrons.